The molecule has 0 aromatic heterocycles. The van der Waals surface area contributed by atoms with E-state index in [1.165, 1.54) is 7.11 Å². The fourth-order valence-corrected chi connectivity index (χ4v) is 9.72. The van der Waals surface area contributed by atoms with Gasteiger partial charge < -0.3 is 39.7 Å². The molecule has 1 heterocycles. The number of likely N-dealkylation sites (N-methyl/N-ethyl adjacent to an activating group) is 1. The lowest BCUT2D eigenvalue weighted by atomic mass is 9.89. The van der Waals surface area contributed by atoms with Crippen molar-refractivity contribution in [2.45, 2.75) is 123 Å². The van der Waals surface area contributed by atoms with E-state index < -0.39 is 67.4 Å². The van der Waals surface area contributed by atoms with Gasteiger partial charge in [0.25, 0.3) is 0 Å². The van der Waals surface area contributed by atoms with Crippen molar-refractivity contribution in [3.63, 3.8) is 0 Å². The van der Waals surface area contributed by atoms with E-state index in [2.05, 4.69) is 27.6 Å². The average Bonchev–Trinajstić information content (AvgIpc) is 3.69. The number of likely N-dealkylation sites (tertiary alicyclic amines) is 1. The number of rotatable bonds is 25. The van der Waals surface area contributed by atoms with Gasteiger partial charge in [0, 0.05) is 72.2 Å². The molecule has 9 atom stereocenters. The monoisotopic (exact) mass is 876 g/mol. The zero-order valence-electron chi connectivity index (χ0n) is 38.6. The van der Waals surface area contributed by atoms with Crippen molar-refractivity contribution in [3.8, 4) is 0 Å². The molecule has 1 aliphatic rings. The Morgan fingerprint density at radius 1 is 1.05 bits per heavy atom. The van der Waals surface area contributed by atoms with Gasteiger partial charge in [0.1, 0.15) is 23.8 Å². The van der Waals surface area contributed by atoms with Crippen LogP contribution in [0.2, 0.25) is 0 Å². The number of nitrogens with zero attached hydrogens (tertiary/aromatic N) is 7. The minimum Gasteiger partial charge on any atom is -0.379 e. The number of nitrogens with one attached hydrogen (secondary N) is 2. The van der Waals surface area contributed by atoms with Crippen LogP contribution in [0.5, 0.6) is 0 Å². The molecule has 0 radical (unpaired) electrons. The summed E-state index contributed by atoms with van der Waals surface area (Å²) in [5.41, 5.74) is 9.17. The maximum absolute atomic E-state index is 14.4. The highest BCUT2D eigenvalue weighted by atomic mass is 31.2. The van der Waals surface area contributed by atoms with Gasteiger partial charge in [-0.25, -0.2) is 0 Å². The molecular formula is C43H74N9O8P. The van der Waals surface area contributed by atoms with Crippen molar-refractivity contribution < 1.29 is 38.1 Å². The summed E-state index contributed by atoms with van der Waals surface area (Å²) in [6, 6.07) is 7.36. The van der Waals surface area contributed by atoms with Gasteiger partial charge in [0.05, 0.1) is 36.6 Å². The molecule has 1 unspecified atom stereocenters. The van der Waals surface area contributed by atoms with E-state index >= 15 is 0 Å². The number of hydrogen-bond acceptors (Lipinski definition) is 9. The first-order valence-electron chi connectivity index (χ1n) is 21.6. The predicted octanol–water partition coefficient (Wildman–Crippen LogP) is 5.32. The van der Waals surface area contributed by atoms with Crippen LogP contribution in [0.25, 0.3) is 10.4 Å². The molecule has 4 amide bonds. The number of azide groups is 1. The van der Waals surface area contributed by atoms with Crippen LogP contribution >= 0.6 is 7.37 Å². The third-order valence-corrected chi connectivity index (χ3v) is 13.7. The lowest BCUT2D eigenvalue weighted by Gasteiger charge is -2.40. The second kappa shape index (κ2) is 25.8. The van der Waals surface area contributed by atoms with Crippen molar-refractivity contribution in [1.82, 2.24) is 25.3 Å². The number of hydrogen-bond donors (Lipinski definition) is 3. The smallest absolute Gasteiger partial charge is 0.247 e. The number of ether oxygens (including phenoxy) is 2. The van der Waals surface area contributed by atoms with Gasteiger partial charge in [-0.05, 0) is 42.2 Å². The molecule has 1 aromatic rings. The molecule has 0 spiro atoms. The second-order valence-electron chi connectivity index (χ2n) is 17.1. The van der Waals surface area contributed by atoms with E-state index in [0.717, 1.165) is 12.3 Å². The summed E-state index contributed by atoms with van der Waals surface area (Å²) in [4.78, 5) is 79.8. The first-order chi connectivity index (χ1) is 28.7. The van der Waals surface area contributed by atoms with Crippen LogP contribution in [-0.4, -0.2) is 146 Å². The van der Waals surface area contributed by atoms with Crippen LogP contribution in [0.3, 0.4) is 0 Å². The van der Waals surface area contributed by atoms with Crippen LogP contribution in [0.15, 0.2) is 40.4 Å². The lowest BCUT2D eigenvalue weighted by molar-refractivity contribution is -0.146. The maximum Gasteiger partial charge on any atom is 0.247 e. The van der Waals surface area contributed by atoms with Crippen molar-refractivity contribution in [2.75, 3.05) is 61.2 Å². The predicted molar refractivity (Wildman–Crippen MR) is 239 cm³/mol. The van der Waals surface area contributed by atoms with E-state index in [9.17, 15) is 28.6 Å². The number of amides is 4. The summed E-state index contributed by atoms with van der Waals surface area (Å²) < 4.78 is 25.9. The van der Waals surface area contributed by atoms with Crippen molar-refractivity contribution in [1.29, 1.82) is 0 Å². The quantitative estimate of drug-likeness (QED) is 0.0220. The SMILES string of the molecule is CC[C@H](C)[C@@H]([C@@H](CC(=O)N1CCC[C@H]1[C@H](OC)[C@@H](C)C(=O)N[C@@H](Cc1ccccc1)P(=O)(O)CC(=O)NCCCN=[N+]=[N-])OC)N(C)C(=O)[C@@H](N=C(C(C)C)N(C)C)C(C)C. The van der Waals surface area contributed by atoms with Gasteiger partial charge in [-0.1, -0.05) is 90.3 Å². The van der Waals surface area contributed by atoms with Crippen LogP contribution in [0, 0.1) is 23.7 Å². The van der Waals surface area contributed by atoms with E-state index in [1.54, 1.807) is 55.1 Å². The van der Waals surface area contributed by atoms with Gasteiger partial charge in [-0.15, -0.1) is 0 Å². The van der Waals surface area contributed by atoms with Gasteiger partial charge in [0.2, 0.25) is 31.0 Å². The van der Waals surface area contributed by atoms with E-state index in [0.29, 0.717) is 31.4 Å². The molecule has 1 saturated heterocycles. The number of carbonyl (C=O) groups is 4. The normalized spacial score (nSPS) is 18.8. The molecule has 17 nitrogen and oxygen atoms in total. The van der Waals surface area contributed by atoms with Gasteiger partial charge in [0.15, 0.2) is 0 Å². The third kappa shape index (κ3) is 15.7. The Balaban J connectivity index is 2.34. The Morgan fingerprint density at radius 3 is 2.25 bits per heavy atom. The summed E-state index contributed by atoms with van der Waals surface area (Å²) in [5, 5.41) is 8.78. The molecule has 1 aromatic carbocycles. The van der Waals surface area contributed by atoms with Gasteiger partial charge in [-0.3, -0.25) is 28.7 Å². The molecule has 3 N–H and O–H groups in total. The third-order valence-electron chi connectivity index (χ3n) is 11.6. The molecule has 0 bridgehead atoms. The minimum absolute atomic E-state index is 0.00552. The van der Waals surface area contributed by atoms with Crippen LogP contribution in [0.4, 0.5) is 0 Å². The first kappa shape index (κ1) is 53.1. The van der Waals surface area contributed by atoms with Gasteiger partial charge in [-0.2, -0.15) is 0 Å². The fraction of sp³-hybridized carbons (Fsp3) is 0.744. The molecule has 0 aliphatic carbocycles. The zero-order valence-corrected chi connectivity index (χ0v) is 39.5. The Kier molecular flexibility index (Phi) is 22.5. The maximum atomic E-state index is 14.4. The summed E-state index contributed by atoms with van der Waals surface area (Å²) >= 11 is 0. The highest BCUT2D eigenvalue weighted by Gasteiger charge is 2.44. The van der Waals surface area contributed by atoms with Gasteiger partial charge >= 0.3 is 0 Å². The lowest BCUT2D eigenvalue weighted by Crippen LogP contribution is -2.55. The molecule has 344 valence electrons. The van der Waals surface area contributed by atoms with Crippen LogP contribution in [0.1, 0.15) is 86.1 Å². The molecule has 1 aliphatic heterocycles. The largest absolute Gasteiger partial charge is 0.379 e. The zero-order chi connectivity index (χ0) is 46.0. The van der Waals surface area contributed by atoms with E-state index in [-0.39, 0.29) is 55.5 Å². The molecule has 61 heavy (non-hydrogen) atoms. The fourth-order valence-electron chi connectivity index (χ4n) is 8.15. The molecule has 0 saturated carbocycles. The molecule has 18 heteroatoms. The Hall–Kier alpha value is -4.01. The Bertz CT molecular complexity index is 1680. The van der Waals surface area contributed by atoms with Crippen LogP contribution in [-0.2, 0) is 39.6 Å². The second-order valence-corrected chi connectivity index (χ2v) is 19.6. The number of amidine groups is 1. The summed E-state index contributed by atoms with van der Waals surface area (Å²) in [7, 11) is 4.31. The first-order valence-corrected chi connectivity index (χ1v) is 23.5. The molecule has 2 rings (SSSR count). The summed E-state index contributed by atoms with van der Waals surface area (Å²) in [6.07, 6.45) is 0.183. The molecule has 1 fully saturated rings. The number of benzene rings is 1. The topological polar surface area (TPSA) is 219 Å². The summed E-state index contributed by atoms with van der Waals surface area (Å²) in [5.74, 6) is -2.88. The Morgan fingerprint density at radius 2 is 1.70 bits per heavy atom. The van der Waals surface area contributed by atoms with Crippen molar-refractivity contribution in [2.24, 2.45) is 33.8 Å². The van der Waals surface area contributed by atoms with Crippen molar-refractivity contribution >= 4 is 36.8 Å². The molecular weight excluding hydrogens is 802 g/mol. The average molecular weight is 876 g/mol. The van der Waals surface area contributed by atoms with Crippen LogP contribution < -0.4 is 10.6 Å². The summed E-state index contributed by atoms with van der Waals surface area (Å²) in [6.45, 7) is 14.6. The highest BCUT2D eigenvalue weighted by Crippen LogP contribution is 2.46. The van der Waals surface area contributed by atoms with Crippen molar-refractivity contribution in [3.05, 3.63) is 46.3 Å². The Labute approximate surface area is 363 Å². The highest BCUT2D eigenvalue weighted by molar-refractivity contribution is 7.59. The van der Waals surface area contributed by atoms with E-state index in [4.69, 9.17) is 20.0 Å². The standard InChI is InChI=1S/C43H74N9O8P/c1-13-30(6)39(51(10)43(56)38(28(2)3)48-41(29(4)5)50(8)9)34(59-11)26-37(54)52-24-17-21-33(52)40(60-12)31(7)42(55)47-36(25-32-19-15-14-16-20-32)61(57,58)27-35(53)45-22-18-23-46-49-44/h14-16,19-20,28-31,33-34,36,38-40H,13,17-18,21-27H2,1-12H3,(H,45,53)(H,47,55)(H,57,58)/t30-,31+,33-,34+,36+,38-,39-,40+/m0/s1. The minimum atomic E-state index is -4.34. The van der Waals surface area contributed by atoms with E-state index in [1.807, 2.05) is 59.7 Å². The number of methoxy groups -OCH3 is 2. The number of aliphatic imine (C=N–C) groups is 1. The number of carbonyl (C=O) groups excluding carboxylic acids is 4.